The highest BCUT2D eigenvalue weighted by Crippen LogP contribution is 2.15. The molecule has 0 N–H and O–H groups in total. The van der Waals surface area contributed by atoms with Gasteiger partial charge in [0, 0.05) is 24.2 Å². The van der Waals surface area contributed by atoms with Crippen LogP contribution in [0.5, 0.6) is 0 Å². The van der Waals surface area contributed by atoms with Crippen LogP contribution in [0.4, 0.5) is 0 Å². The van der Waals surface area contributed by atoms with Gasteiger partial charge in [-0.2, -0.15) is 0 Å². The van der Waals surface area contributed by atoms with Gasteiger partial charge in [0.2, 0.25) is 0 Å². The van der Waals surface area contributed by atoms with Crippen LogP contribution in [0.2, 0.25) is 0 Å². The fraction of sp³-hybridized carbons (Fsp3) is 0.188. The third kappa shape index (κ3) is 2.90. The number of imidazole rings is 1. The fourth-order valence-corrected chi connectivity index (χ4v) is 2.11. The number of hydrogen-bond donors (Lipinski definition) is 0. The Balaban J connectivity index is 1.66. The second-order valence-electron chi connectivity index (χ2n) is 4.89. The van der Waals surface area contributed by atoms with E-state index < -0.39 is 5.97 Å². The first-order valence-electron chi connectivity index (χ1n) is 6.81. The Morgan fingerprint density at radius 3 is 2.82 bits per heavy atom. The van der Waals surface area contributed by atoms with Gasteiger partial charge in [0.15, 0.2) is 0 Å². The molecule has 0 saturated heterocycles. The number of nitrogens with zero attached hydrogens (tertiary/aromatic N) is 3. The van der Waals surface area contributed by atoms with E-state index in [0.29, 0.717) is 11.4 Å². The van der Waals surface area contributed by atoms with E-state index in [4.69, 9.17) is 9.15 Å². The second-order valence-corrected chi connectivity index (χ2v) is 4.89. The van der Waals surface area contributed by atoms with E-state index in [0.717, 1.165) is 17.1 Å². The molecule has 0 unspecified atom stereocenters. The number of carbonyl (C=O) groups is 1. The van der Waals surface area contributed by atoms with Crippen molar-refractivity contribution in [3.63, 3.8) is 0 Å². The molecule has 0 atom stereocenters. The summed E-state index contributed by atoms with van der Waals surface area (Å²) < 4.78 is 12.4. The first kappa shape index (κ1) is 14.1. The Morgan fingerprint density at radius 1 is 1.36 bits per heavy atom. The summed E-state index contributed by atoms with van der Waals surface area (Å²) in [6.07, 6.45) is 6.58. The zero-order chi connectivity index (χ0) is 15.5. The van der Waals surface area contributed by atoms with Crippen LogP contribution >= 0.6 is 0 Å². The number of esters is 1. The number of ether oxygens (including phenoxy) is 1. The van der Waals surface area contributed by atoms with Crippen molar-refractivity contribution in [3.05, 3.63) is 65.8 Å². The Hall–Kier alpha value is -2.89. The highest BCUT2D eigenvalue weighted by atomic mass is 16.5. The minimum atomic E-state index is -0.414. The highest BCUT2D eigenvalue weighted by Gasteiger charge is 2.11. The molecule has 0 saturated carbocycles. The van der Waals surface area contributed by atoms with Crippen LogP contribution < -0.4 is 0 Å². The maximum atomic E-state index is 12.0. The van der Waals surface area contributed by atoms with E-state index >= 15 is 0 Å². The molecule has 0 spiro atoms. The average Bonchev–Trinajstić information content (AvgIpc) is 3.15. The zero-order valence-electron chi connectivity index (χ0n) is 12.3. The van der Waals surface area contributed by atoms with Crippen molar-refractivity contribution >= 4 is 5.97 Å². The van der Waals surface area contributed by atoms with Crippen LogP contribution in [0, 0.1) is 13.8 Å². The topological polar surface area (TPSA) is 70.2 Å². The molecular weight excluding hydrogens is 282 g/mol. The van der Waals surface area contributed by atoms with E-state index in [-0.39, 0.29) is 6.61 Å². The van der Waals surface area contributed by atoms with Crippen molar-refractivity contribution in [2.75, 3.05) is 0 Å². The molecule has 0 bridgehead atoms. The number of aryl methyl sites for hydroxylation is 2. The number of furan rings is 1. The van der Waals surface area contributed by atoms with Gasteiger partial charge in [-0.3, -0.25) is 4.57 Å². The molecule has 0 aliphatic rings. The summed E-state index contributed by atoms with van der Waals surface area (Å²) >= 11 is 0. The molecule has 3 heterocycles. The lowest BCUT2D eigenvalue weighted by atomic mass is 10.2. The quantitative estimate of drug-likeness (QED) is 0.692. The predicted octanol–water partition coefficient (Wildman–Crippen LogP) is 2.83. The van der Waals surface area contributed by atoms with Gasteiger partial charge < -0.3 is 9.15 Å². The van der Waals surface area contributed by atoms with Crippen LogP contribution in [-0.4, -0.2) is 20.5 Å². The molecular formula is C16H15N3O3. The van der Waals surface area contributed by atoms with Crippen LogP contribution in [0.1, 0.15) is 27.4 Å². The van der Waals surface area contributed by atoms with Gasteiger partial charge in [0.25, 0.3) is 0 Å². The standard InChI is InChI=1S/C16H15N3O3/c1-11-7-14(12(2)22-11)9-21-16(20)13-3-4-15(18-8-13)19-6-5-17-10-19/h3-8,10H,9H2,1-2H3. The number of hydrogen-bond acceptors (Lipinski definition) is 5. The number of rotatable bonds is 4. The largest absolute Gasteiger partial charge is 0.466 e. The van der Waals surface area contributed by atoms with Gasteiger partial charge in [0.05, 0.1) is 5.56 Å². The molecule has 112 valence electrons. The van der Waals surface area contributed by atoms with Crippen molar-refractivity contribution in [2.45, 2.75) is 20.5 Å². The van der Waals surface area contributed by atoms with Gasteiger partial charge in [-0.05, 0) is 32.0 Å². The average molecular weight is 297 g/mol. The van der Waals surface area contributed by atoms with Gasteiger partial charge in [-0.1, -0.05) is 0 Å². The van der Waals surface area contributed by atoms with E-state index in [1.54, 1.807) is 35.4 Å². The lowest BCUT2D eigenvalue weighted by Gasteiger charge is -2.05. The molecule has 3 aromatic heterocycles. The summed E-state index contributed by atoms with van der Waals surface area (Å²) in [5, 5.41) is 0. The van der Waals surface area contributed by atoms with Crippen molar-refractivity contribution in [1.29, 1.82) is 0 Å². The first-order chi connectivity index (χ1) is 10.6. The molecule has 0 aliphatic heterocycles. The molecule has 0 aliphatic carbocycles. The molecule has 3 rings (SSSR count). The maximum Gasteiger partial charge on any atom is 0.340 e. The molecule has 0 radical (unpaired) electrons. The third-order valence-corrected chi connectivity index (χ3v) is 3.26. The summed E-state index contributed by atoms with van der Waals surface area (Å²) in [7, 11) is 0. The summed E-state index contributed by atoms with van der Waals surface area (Å²) in [5.41, 5.74) is 1.27. The fourth-order valence-electron chi connectivity index (χ4n) is 2.11. The zero-order valence-corrected chi connectivity index (χ0v) is 12.3. The van der Waals surface area contributed by atoms with E-state index in [1.807, 2.05) is 19.9 Å². The summed E-state index contributed by atoms with van der Waals surface area (Å²) in [6.45, 7) is 3.89. The second kappa shape index (κ2) is 5.85. The van der Waals surface area contributed by atoms with Crippen LogP contribution in [-0.2, 0) is 11.3 Å². The number of aromatic nitrogens is 3. The van der Waals surface area contributed by atoms with Crippen molar-refractivity contribution in [2.24, 2.45) is 0 Å². The summed E-state index contributed by atoms with van der Waals surface area (Å²) in [6, 6.07) is 5.28. The van der Waals surface area contributed by atoms with Crippen LogP contribution in [0.3, 0.4) is 0 Å². The number of carbonyl (C=O) groups excluding carboxylic acids is 1. The van der Waals surface area contributed by atoms with Crippen molar-refractivity contribution in [3.8, 4) is 5.82 Å². The smallest absolute Gasteiger partial charge is 0.340 e. The Bertz CT molecular complexity index is 774. The predicted molar refractivity (Wildman–Crippen MR) is 78.7 cm³/mol. The molecule has 6 heteroatoms. The van der Waals surface area contributed by atoms with Crippen LogP contribution in [0.15, 0.2) is 47.5 Å². The van der Waals surface area contributed by atoms with E-state index in [9.17, 15) is 4.79 Å². The van der Waals surface area contributed by atoms with Crippen molar-refractivity contribution in [1.82, 2.24) is 14.5 Å². The van der Waals surface area contributed by atoms with Gasteiger partial charge >= 0.3 is 5.97 Å². The molecule has 3 aromatic rings. The van der Waals surface area contributed by atoms with E-state index in [2.05, 4.69) is 9.97 Å². The Kier molecular flexibility index (Phi) is 3.74. The first-order valence-corrected chi connectivity index (χ1v) is 6.81. The minimum absolute atomic E-state index is 0.186. The van der Waals surface area contributed by atoms with E-state index in [1.165, 1.54) is 6.20 Å². The van der Waals surface area contributed by atoms with Crippen molar-refractivity contribution < 1.29 is 13.9 Å². The molecule has 0 fully saturated rings. The summed E-state index contributed by atoms with van der Waals surface area (Å²) in [4.78, 5) is 20.2. The molecule has 6 nitrogen and oxygen atoms in total. The lowest BCUT2D eigenvalue weighted by Crippen LogP contribution is -2.06. The normalized spacial score (nSPS) is 10.6. The van der Waals surface area contributed by atoms with Gasteiger partial charge in [0.1, 0.15) is 30.3 Å². The van der Waals surface area contributed by atoms with Crippen LogP contribution in [0.25, 0.3) is 5.82 Å². The Morgan fingerprint density at radius 2 is 2.23 bits per heavy atom. The molecule has 0 aromatic carbocycles. The molecule has 0 amide bonds. The van der Waals surface area contributed by atoms with Gasteiger partial charge in [-0.15, -0.1) is 0 Å². The maximum absolute atomic E-state index is 12.0. The lowest BCUT2D eigenvalue weighted by molar-refractivity contribution is 0.0471. The Labute approximate surface area is 127 Å². The minimum Gasteiger partial charge on any atom is -0.466 e. The summed E-state index contributed by atoms with van der Waals surface area (Å²) in [5.74, 6) is 1.84. The molecule has 22 heavy (non-hydrogen) atoms. The SMILES string of the molecule is Cc1cc(COC(=O)c2ccc(-n3ccnc3)nc2)c(C)o1. The highest BCUT2D eigenvalue weighted by molar-refractivity contribution is 5.89. The number of pyridine rings is 1. The van der Waals surface area contributed by atoms with Gasteiger partial charge in [-0.25, -0.2) is 14.8 Å². The third-order valence-electron chi connectivity index (χ3n) is 3.26. The monoisotopic (exact) mass is 297 g/mol.